The van der Waals surface area contributed by atoms with E-state index in [1.54, 1.807) is 27.4 Å². The number of halogens is 1. The molecule has 186 valence electrons. The number of nitrogens with one attached hydrogen (secondary N) is 1. The molecule has 0 bridgehead atoms. The van der Waals surface area contributed by atoms with Gasteiger partial charge in [-0.1, -0.05) is 45.1 Å². The average molecular weight is 498 g/mol. The normalized spacial score (nSPS) is 11.4. The van der Waals surface area contributed by atoms with Gasteiger partial charge in [-0.15, -0.1) is 0 Å². The van der Waals surface area contributed by atoms with Crippen LogP contribution in [0.3, 0.4) is 0 Å². The molecule has 3 aromatic rings. The molecular weight excluding hydrogens is 465 g/mol. The third-order valence-electron chi connectivity index (χ3n) is 5.49. The van der Waals surface area contributed by atoms with Gasteiger partial charge in [0.05, 0.1) is 34.1 Å². The van der Waals surface area contributed by atoms with Crippen LogP contribution in [0.25, 0.3) is 12.2 Å². The summed E-state index contributed by atoms with van der Waals surface area (Å²) in [5.41, 5.74) is 3.12. The maximum atomic E-state index is 15.2. The highest BCUT2D eigenvalue weighted by molar-refractivity contribution is 8.00. The molecule has 0 spiro atoms. The number of rotatable bonds is 9. The molecule has 0 aromatic heterocycles. The molecule has 0 saturated carbocycles. The highest BCUT2D eigenvalue weighted by Gasteiger charge is 2.16. The van der Waals surface area contributed by atoms with Crippen molar-refractivity contribution in [1.29, 1.82) is 0 Å². The van der Waals surface area contributed by atoms with Crippen LogP contribution in [-0.2, 0) is 5.41 Å². The largest absolute Gasteiger partial charge is 0.494 e. The summed E-state index contributed by atoms with van der Waals surface area (Å²) in [6.07, 6.45) is 3.69. The van der Waals surface area contributed by atoms with E-state index in [4.69, 9.17) is 18.9 Å². The summed E-state index contributed by atoms with van der Waals surface area (Å²) in [7, 11) is 6.14. The Labute approximate surface area is 211 Å². The van der Waals surface area contributed by atoms with Crippen LogP contribution in [0.2, 0.25) is 0 Å². The molecule has 0 unspecified atom stereocenters. The number of benzene rings is 3. The summed E-state index contributed by atoms with van der Waals surface area (Å²) >= 11 is 1.34. The summed E-state index contributed by atoms with van der Waals surface area (Å²) in [6.45, 7) is 6.52. The molecule has 0 amide bonds. The fraction of sp³-hybridized carbons (Fsp3) is 0.286. The number of hydrogen-bond acceptors (Lipinski definition) is 6. The van der Waals surface area contributed by atoms with E-state index in [9.17, 15) is 0 Å². The molecule has 35 heavy (non-hydrogen) atoms. The molecule has 0 aliphatic carbocycles. The zero-order valence-corrected chi connectivity index (χ0v) is 22.0. The van der Waals surface area contributed by atoms with Gasteiger partial charge in [-0.05, 0) is 64.9 Å². The lowest BCUT2D eigenvalue weighted by atomic mass is 9.87. The van der Waals surface area contributed by atoms with E-state index in [1.165, 1.54) is 24.6 Å². The van der Waals surface area contributed by atoms with Crippen molar-refractivity contribution in [1.82, 2.24) is 0 Å². The second-order valence-electron chi connectivity index (χ2n) is 8.82. The third-order valence-corrected chi connectivity index (χ3v) is 6.31. The van der Waals surface area contributed by atoms with E-state index < -0.39 is 5.82 Å². The first kappa shape index (κ1) is 26.3. The smallest absolute Gasteiger partial charge is 0.203 e. The van der Waals surface area contributed by atoms with Crippen molar-refractivity contribution < 1.29 is 23.3 Å². The Morgan fingerprint density at radius 2 is 1.37 bits per heavy atom. The molecule has 0 atom stereocenters. The zero-order chi connectivity index (χ0) is 25.6. The van der Waals surface area contributed by atoms with Gasteiger partial charge in [-0.2, -0.15) is 0 Å². The van der Waals surface area contributed by atoms with Crippen molar-refractivity contribution in [3.63, 3.8) is 0 Å². The number of anilines is 1. The SMILES string of the molecule is COc1ccc(/C=C\c2cc(OC)c(OC)c(OC)c2)c(NSc2ccc(C(C)(C)C)cc2)c1F. The molecule has 3 rings (SSSR count). The zero-order valence-electron chi connectivity index (χ0n) is 21.2. The Kier molecular flexibility index (Phi) is 8.57. The summed E-state index contributed by atoms with van der Waals surface area (Å²) < 4.78 is 39.8. The monoisotopic (exact) mass is 497 g/mol. The van der Waals surface area contributed by atoms with Crippen molar-refractivity contribution >= 4 is 29.8 Å². The van der Waals surface area contributed by atoms with Crippen LogP contribution in [-0.4, -0.2) is 28.4 Å². The highest BCUT2D eigenvalue weighted by Crippen LogP contribution is 2.39. The Bertz CT molecular complexity index is 1160. The minimum absolute atomic E-state index is 0.0698. The van der Waals surface area contributed by atoms with Gasteiger partial charge < -0.3 is 23.7 Å². The van der Waals surface area contributed by atoms with Gasteiger partial charge in [0.15, 0.2) is 23.1 Å². The Morgan fingerprint density at radius 1 is 0.771 bits per heavy atom. The van der Waals surface area contributed by atoms with Crippen LogP contribution in [0.5, 0.6) is 23.0 Å². The van der Waals surface area contributed by atoms with Gasteiger partial charge in [-0.3, -0.25) is 0 Å². The van der Waals surface area contributed by atoms with E-state index >= 15 is 4.39 Å². The summed E-state index contributed by atoms with van der Waals surface area (Å²) in [6, 6.07) is 15.3. The van der Waals surface area contributed by atoms with Gasteiger partial charge in [0.1, 0.15) is 0 Å². The van der Waals surface area contributed by atoms with Crippen LogP contribution in [0, 0.1) is 5.82 Å². The summed E-state index contributed by atoms with van der Waals surface area (Å²) in [5.74, 6) is 1.30. The van der Waals surface area contributed by atoms with Gasteiger partial charge >= 0.3 is 0 Å². The van der Waals surface area contributed by atoms with E-state index in [-0.39, 0.29) is 11.2 Å². The lowest BCUT2D eigenvalue weighted by molar-refractivity contribution is 0.324. The van der Waals surface area contributed by atoms with E-state index in [2.05, 4.69) is 37.6 Å². The number of methoxy groups -OCH3 is 4. The minimum Gasteiger partial charge on any atom is -0.494 e. The fourth-order valence-corrected chi connectivity index (χ4v) is 4.19. The third kappa shape index (κ3) is 6.22. The lowest BCUT2D eigenvalue weighted by Gasteiger charge is -2.19. The van der Waals surface area contributed by atoms with Crippen LogP contribution in [0.15, 0.2) is 53.4 Å². The molecule has 7 heteroatoms. The first-order valence-corrected chi connectivity index (χ1v) is 11.9. The van der Waals surface area contributed by atoms with Gasteiger partial charge in [0.2, 0.25) is 5.75 Å². The first-order valence-electron chi connectivity index (χ1n) is 11.1. The molecule has 5 nitrogen and oxygen atoms in total. The fourth-order valence-electron chi connectivity index (χ4n) is 3.49. The van der Waals surface area contributed by atoms with E-state index in [0.717, 1.165) is 10.5 Å². The quantitative estimate of drug-likeness (QED) is 0.245. The molecule has 3 aromatic carbocycles. The Balaban J connectivity index is 1.91. The van der Waals surface area contributed by atoms with Crippen molar-refractivity contribution in [3.05, 3.63) is 71.0 Å². The Morgan fingerprint density at radius 3 is 1.89 bits per heavy atom. The minimum atomic E-state index is -0.460. The standard InChI is InChI=1S/C28H32FNO4S/c1-28(2,3)20-11-13-21(14-12-20)35-30-26-19(10-15-22(31-4)25(26)29)9-8-18-16-23(32-5)27(34-7)24(17-18)33-6/h8-17,30H,1-7H3/b9-8-. The molecular formula is C28H32FNO4S. The van der Waals surface area contributed by atoms with Crippen molar-refractivity contribution in [3.8, 4) is 23.0 Å². The molecule has 0 fully saturated rings. The van der Waals surface area contributed by atoms with Crippen molar-refractivity contribution in [2.45, 2.75) is 31.1 Å². The molecule has 1 N–H and O–H groups in total. The molecule has 0 saturated heterocycles. The second-order valence-corrected chi connectivity index (χ2v) is 9.70. The first-order chi connectivity index (χ1) is 16.7. The molecule has 0 aliphatic heterocycles. The van der Waals surface area contributed by atoms with Crippen LogP contribution < -0.4 is 23.7 Å². The number of hydrogen-bond donors (Lipinski definition) is 1. The van der Waals surface area contributed by atoms with Crippen molar-refractivity contribution in [2.75, 3.05) is 33.2 Å². The average Bonchev–Trinajstić information content (AvgIpc) is 2.85. The predicted molar refractivity (Wildman–Crippen MR) is 143 cm³/mol. The highest BCUT2D eigenvalue weighted by atomic mass is 32.2. The Hall–Kier alpha value is -3.32. The van der Waals surface area contributed by atoms with Crippen molar-refractivity contribution in [2.24, 2.45) is 0 Å². The van der Waals surface area contributed by atoms with Crippen LogP contribution in [0.1, 0.15) is 37.5 Å². The summed E-state index contributed by atoms with van der Waals surface area (Å²) in [4.78, 5) is 0.972. The predicted octanol–water partition coefficient (Wildman–Crippen LogP) is 7.45. The second kappa shape index (κ2) is 11.4. The van der Waals surface area contributed by atoms with E-state index in [1.807, 2.05) is 42.5 Å². The van der Waals surface area contributed by atoms with Crippen LogP contribution >= 0.6 is 11.9 Å². The lowest BCUT2D eigenvalue weighted by Crippen LogP contribution is -2.10. The van der Waals surface area contributed by atoms with Gasteiger partial charge in [0, 0.05) is 10.5 Å². The van der Waals surface area contributed by atoms with Gasteiger partial charge in [-0.25, -0.2) is 4.39 Å². The number of ether oxygens (including phenoxy) is 4. The maximum Gasteiger partial charge on any atom is 0.203 e. The van der Waals surface area contributed by atoms with Gasteiger partial charge in [0.25, 0.3) is 0 Å². The topological polar surface area (TPSA) is 49.0 Å². The molecule has 0 radical (unpaired) electrons. The van der Waals surface area contributed by atoms with Crippen LogP contribution in [0.4, 0.5) is 10.1 Å². The molecule has 0 heterocycles. The maximum absolute atomic E-state index is 15.2. The van der Waals surface area contributed by atoms with E-state index in [0.29, 0.717) is 28.5 Å². The summed E-state index contributed by atoms with van der Waals surface area (Å²) in [5, 5.41) is 0. The molecule has 0 aliphatic rings.